The quantitative estimate of drug-likeness (QED) is 0.776. The van der Waals surface area contributed by atoms with E-state index in [9.17, 15) is 4.79 Å². The zero-order valence-electron chi connectivity index (χ0n) is 11.2. The number of rotatable bonds is 7. The molecule has 1 N–H and O–H groups in total. The molecule has 0 aliphatic carbocycles. The highest BCUT2D eigenvalue weighted by molar-refractivity contribution is 6.18. The van der Waals surface area contributed by atoms with Crippen molar-refractivity contribution in [1.29, 1.82) is 0 Å². The highest BCUT2D eigenvalue weighted by atomic mass is 35.5. The Morgan fingerprint density at radius 1 is 1.32 bits per heavy atom. The predicted molar refractivity (Wildman–Crippen MR) is 73.4 cm³/mol. The molecule has 0 saturated heterocycles. The van der Waals surface area contributed by atoms with Crippen LogP contribution in [-0.2, 0) is 4.74 Å². The smallest absolute Gasteiger partial charge is 0.255 e. The van der Waals surface area contributed by atoms with E-state index in [1.54, 1.807) is 25.3 Å². The lowest BCUT2D eigenvalue weighted by Crippen LogP contribution is -2.39. The minimum Gasteiger partial charge on any atom is -0.493 e. The van der Waals surface area contributed by atoms with Gasteiger partial charge in [0.25, 0.3) is 5.91 Å². The second-order valence-electron chi connectivity index (χ2n) is 3.82. The number of hydrogen-bond donors (Lipinski definition) is 1. The highest BCUT2D eigenvalue weighted by Gasteiger charge is 2.19. The summed E-state index contributed by atoms with van der Waals surface area (Å²) in [6.45, 7) is 0.349. The van der Waals surface area contributed by atoms with Crippen LogP contribution < -0.4 is 14.8 Å². The molecule has 0 fully saturated rings. The number of para-hydroxylation sites is 1. The largest absolute Gasteiger partial charge is 0.493 e. The molecular formula is C13H18ClNO4. The maximum Gasteiger partial charge on any atom is 0.255 e. The summed E-state index contributed by atoms with van der Waals surface area (Å²) in [6, 6.07) is 4.86. The Kier molecular flexibility index (Phi) is 6.45. The second-order valence-corrected chi connectivity index (χ2v) is 4.13. The maximum absolute atomic E-state index is 12.2. The topological polar surface area (TPSA) is 56.8 Å². The number of alkyl halides is 1. The number of methoxy groups -OCH3 is 3. The zero-order chi connectivity index (χ0) is 14.3. The van der Waals surface area contributed by atoms with Crippen molar-refractivity contribution in [3.8, 4) is 11.5 Å². The third kappa shape index (κ3) is 4.01. The van der Waals surface area contributed by atoms with Crippen LogP contribution in [0.15, 0.2) is 18.2 Å². The fourth-order valence-electron chi connectivity index (χ4n) is 1.66. The average Bonchev–Trinajstić information content (AvgIpc) is 2.45. The number of benzene rings is 1. The Labute approximate surface area is 117 Å². The van der Waals surface area contributed by atoms with Crippen molar-refractivity contribution in [2.24, 2.45) is 0 Å². The minimum absolute atomic E-state index is 0.255. The summed E-state index contributed by atoms with van der Waals surface area (Å²) in [5.41, 5.74) is 0.396. The van der Waals surface area contributed by atoms with Crippen molar-refractivity contribution in [3.05, 3.63) is 23.8 Å². The van der Waals surface area contributed by atoms with Gasteiger partial charge in [-0.2, -0.15) is 0 Å². The molecule has 0 spiro atoms. The molecule has 0 aliphatic rings. The second kappa shape index (κ2) is 7.86. The first kappa shape index (κ1) is 15.6. The molecular weight excluding hydrogens is 270 g/mol. The number of hydrogen-bond acceptors (Lipinski definition) is 4. The van der Waals surface area contributed by atoms with Crippen LogP contribution in [0.2, 0.25) is 0 Å². The minimum atomic E-state index is -0.279. The standard InChI is InChI=1S/C13H18ClNO4/c1-17-8-9(7-14)15-13(16)10-5-4-6-11(18-2)12(10)19-3/h4-6,9H,7-8H2,1-3H3,(H,15,16). The van der Waals surface area contributed by atoms with Gasteiger partial charge in [0, 0.05) is 13.0 Å². The lowest BCUT2D eigenvalue weighted by Gasteiger charge is -2.17. The number of amides is 1. The van der Waals surface area contributed by atoms with Crippen molar-refractivity contribution < 1.29 is 19.0 Å². The van der Waals surface area contributed by atoms with Crippen LogP contribution in [0.1, 0.15) is 10.4 Å². The summed E-state index contributed by atoms with van der Waals surface area (Å²) in [5.74, 6) is 0.891. The molecule has 0 saturated carbocycles. The monoisotopic (exact) mass is 287 g/mol. The lowest BCUT2D eigenvalue weighted by molar-refractivity contribution is 0.0903. The Morgan fingerprint density at radius 3 is 2.58 bits per heavy atom. The molecule has 0 aliphatic heterocycles. The van der Waals surface area contributed by atoms with Crippen LogP contribution in [0.25, 0.3) is 0 Å². The Balaban J connectivity index is 2.92. The summed E-state index contributed by atoms with van der Waals surface area (Å²) < 4.78 is 15.3. The first-order chi connectivity index (χ1) is 9.17. The van der Waals surface area contributed by atoms with E-state index in [1.165, 1.54) is 14.2 Å². The van der Waals surface area contributed by atoms with Gasteiger partial charge in [0.05, 0.1) is 32.4 Å². The lowest BCUT2D eigenvalue weighted by atomic mass is 10.1. The van der Waals surface area contributed by atoms with Crippen molar-refractivity contribution in [1.82, 2.24) is 5.32 Å². The van der Waals surface area contributed by atoms with E-state index in [-0.39, 0.29) is 17.8 Å². The Morgan fingerprint density at radius 2 is 2.05 bits per heavy atom. The third-order valence-corrected chi connectivity index (χ3v) is 2.91. The van der Waals surface area contributed by atoms with Crippen LogP contribution >= 0.6 is 11.6 Å². The first-order valence-corrected chi connectivity index (χ1v) is 6.28. The van der Waals surface area contributed by atoms with Gasteiger partial charge in [-0.15, -0.1) is 11.6 Å². The molecule has 1 aromatic carbocycles. The van der Waals surface area contributed by atoms with Gasteiger partial charge in [-0.1, -0.05) is 6.07 Å². The van der Waals surface area contributed by atoms with Gasteiger partial charge >= 0.3 is 0 Å². The van der Waals surface area contributed by atoms with Crippen LogP contribution in [0.3, 0.4) is 0 Å². The fraction of sp³-hybridized carbons (Fsp3) is 0.462. The van der Waals surface area contributed by atoms with E-state index in [0.717, 1.165) is 0 Å². The van der Waals surface area contributed by atoms with Crippen molar-refractivity contribution >= 4 is 17.5 Å². The molecule has 1 unspecified atom stereocenters. The Bertz CT molecular complexity index is 425. The van der Waals surface area contributed by atoms with Crippen molar-refractivity contribution in [2.75, 3.05) is 33.8 Å². The molecule has 1 aromatic rings. The van der Waals surface area contributed by atoms with Gasteiger partial charge in [0.15, 0.2) is 11.5 Å². The average molecular weight is 288 g/mol. The van der Waals surface area contributed by atoms with Crippen LogP contribution in [-0.4, -0.2) is 45.8 Å². The van der Waals surface area contributed by atoms with Crippen molar-refractivity contribution in [2.45, 2.75) is 6.04 Å². The van der Waals surface area contributed by atoms with E-state index in [2.05, 4.69) is 5.32 Å². The molecule has 1 rings (SSSR count). The molecule has 5 nitrogen and oxygen atoms in total. The van der Waals surface area contributed by atoms with E-state index >= 15 is 0 Å². The van der Waals surface area contributed by atoms with Gasteiger partial charge in [0.2, 0.25) is 0 Å². The number of halogens is 1. The first-order valence-electron chi connectivity index (χ1n) is 5.74. The molecule has 0 radical (unpaired) electrons. The molecule has 1 amide bonds. The normalized spacial score (nSPS) is 11.8. The predicted octanol–water partition coefficient (Wildman–Crippen LogP) is 1.69. The molecule has 19 heavy (non-hydrogen) atoms. The molecule has 0 bridgehead atoms. The number of carbonyl (C=O) groups excluding carboxylic acids is 1. The van der Waals surface area contributed by atoms with Crippen LogP contribution in [0.4, 0.5) is 0 Å². The fourth-order valence-corrected chi connectivity index (χ4v) is 1.82. The molecule has 1 atom stereocenters. The number of nitrogens with one attached hydrogen (secondary N) is 1. The Hall–Kier alpha value is -1.46. The molecule has 0 aromatic heterocycles. The molecule has 106 valence electrons. The summed E-state index contributed by atoms with van der Waals surface area (Å²) in [7, 11) is 4.56. The maximum atomic E-state index is 12.2. The summed E-state index contributed by atoms with van der Waals surface area (Å²) in [5, 5.41) is 2.78. The van der Waals surface area contributed by atoms with E-state index in [1.807, 2.05) is 0 Å². The molecule has 6 heteroatoms. The van der Waals surface area contributed by atoms with Gasteiger partial charge in [-0.25, -0.2) is 0 Å². The summed E-state index contributed by atoms with van der Waals surface area (Å²) in [6.07, 6.45) is 0. The number of ether oxygens (including phenoxy) is 3. The van der Waals surface area contributed by atoms with Gasteiger partial charge < -0.3 is 19.5 Å². The van der Waals surface area contributed by atoms with E-state index in [0.29, 0.717) is 23.7 Å². The highest BCUT2D eigenvalue weighted by Crippen LogP contribution is 2.30. The van der Waals surface area contributed by atoms with Gasteiger partial charge in [0.1, 0.15) is 0 Å². The SMILES string of the molecule is COCC(CCl)NC(=O)c1cccc(OC)c1OC. The zero-order valence-corrected chi connectivity index (χ0v) is 12.0. The van der Waals surface area contributed by atoms with Crippen LogP contribution in [0.5, 0.6) is 11.5 Å². The van der Waals surface area contributed by atoms with E-state index < -0.39 is 0 Å². The van der Waals surface area contributed by atoms with Crippen molar-refractivity contribution in [3.63, 3.8) is 0 Å². The third-order valence-electron chi connectivity index (χ3n) is 2.54. The molecule has 0 heterocycles. The van der Waals surface area contributed by atoms with E-state index in [4.69, 9.17) is 25.8 Å². The summed E-state index contributed by atoms with van der Waals surface area (Å²) in [4.78, 5) is 12.2. The summed E-state index contributed by atoms with van der Waals surface area (Å²) >= 11 is 5.76. The van der Waals surface area contributed by atoms with Gasteiger partial charge in [-0.05, 0) is 12.1 Å². The number of carbonyl (C=O) groups is 1. The van der Waals surface area contributed by atoms with Gasteiger partial charge in [-0.3, -0.25) is 4.79 Å². The van der Waals surface area contributed by atoms with Crippen LogP contribution in [0, 0.1) is 0 Å².